The lowest BCUT2D eigenvalue weighted by Crippen LogP contribution is -2.64. The van der Waals surface area contributed by atoms with Crippen LogP contribution < -0.4 is 0 Å². The molecule has 0 amide bonds. The Bertz CT molecular complexity index is 447. The molecule has 2 fully saturated rings. The smallest absolute Gasteiger partial charge is 0.187 e. The quantitative estimate of drug-likeness (QED) is 0.203. The minimum absolute atomic E-state index is 0.190. The molecule has 12 heteroatoms. The maximum atomic E-state index is 10.3. The molecule has 2 rings (SSSR count). The van der Waals surface area contributed by atoms with Crippen molar-refractivity contribution < 1.29 is 59.8 Å². The molecule has 1 unspecified atom stereocenters. The van der Waals surface area contributed by atoms with Crippen molar-refractivity contribution in [1.82, 2.24) is 0 Å². The van der Waals surface area contributed by atoms with E-state index in [-0.39, 0.29) is 6.61 Å². The van der Waals surface area contributed by atoms with E-state index in [0.29, 0.717) is 0 Å². The molecule has 2 aliphatic heterocycles. The zero-order chi connectivity index (χ0) is 20.3. The highest BCUT2D eigenvalue weighted by atomic mass is 16.7. The van der Waals surface area contributed by atoms with Crippen molar-refractivity contribution in [2.75, 3.05) is 19.8 Å². The van der Waals surface area contributed by atoms with Gasteiger partial charge in [0, 0.05) is 0 Å². The molecule has 0 saturated carbocycles. The topological polar surface area (TPSA) is 199 Å². The summed E-state index contributed by atoms with van der Waals surface area (Å²) >= 11 is 0. The van der Waals surface area contributed by atoms with Crippen molar-refractivity contribution in [1.29, 1.82) is 0 Å². The summed E-state index contributed by atoms with van der Waals surface area (Å²) in [5.41, 5.74) is 0. The molecule has 0 aliphatic carbocycles. The third-order valence-corrected chi connectivity index (χ3v) is 4.46. The second-order valence-electron chi connectivity index (χ2n) is 6.69. The predicted octanol–water partition coefficient (Wildman–Crippen LogP) is -4.99. The Morgan fingerprint density at radius 1 is 0.778 bits per heavy atom. The maximum Gasteiger partial charge on any atom is 0.187 e. The van der Waals surface area contributed by atoms with E-state index in [9.17, 15) is 40.9 Å². The first-order valence-corrected chi connectivity index (χ1v) is 8.59. The number of aliphatic hydroxyl groups excluding tert-OH is 8. The predicted molar refractivity (Wildman–Crippen MR) is 84.0 cm³/mol. The largest absolute Gasteiger partial charge is 0.394 e. The molecule has 0 radical (unpaired) electrons. The van der Waals surface area contributed by atoms with Crippen LogP contribution in [0.15, 0.2) is 0 Å². The van der Waals surface area contributed by atoms with Crippen molar-refractivity contribution in [2.24, 2.45) is 0 Å². The first kappa shape index (κ1) is 22.8. The Morgan fingerprint density at radius 3 is 1.89 bits per heavy atom. The van der Waals surface area contributed by atoms with Gasteiger partial charge >= 0.3 is 0 Å². The molecule has 11 atom stereocenters. The molecule has 0 aromatic rings. The van der Waals surface area contributed by atoms with E-state index in [1.807, 2.05) is 0 Å². The van der Waals surface area contributed by atoms with E-state index in [1.165, 1.54) is 6.92 Å². The molecule has 2 heterocycles. The maximum absolute atomic E-state index is 10.3. The van der Waals surface area contributed by atoms with Crippen molar-refractivity contribution >= 4 is 0 Å². The minimum atomic E-state index is -1.73. The fourth-order valence-corrected chi connectivity index (χ4v) is 2.93. The van der Waals surface area contributed by atoms with Gasteiger partial charge in [-0.1, -0.05) is 0 Å². The van der Waals surface area contributed by atoms with Gasteiger partial charge in [0.1, 0.15) is 48.8 Å². The van der Waals surface area contributed by atoms with Crippen LogP contribution in [0.1, 0.15) is 6.92 Å². The summed E-state index contributed by atoms with van der Waals surface area (Å²) in [6, 6.07) is 0. The van der Waals surface area contributed by atoms with Gasteiger partial charge in [-0.3, -0.25) is 0 Å². The van der Waals surface area contributed by atoms with Gasteiger partial charge < -0.3 is 59.8 Å². The Morgan fingerprint density at radius 2 is 1.33 bits per heavy atom. The van der Waals surface area contributed by atoms with E-state index >= 15 is 0 Å². The van der Waals surface area contributed by atoms with Gasteiger partial charge in [0.05, 0.1) is 25.9 Å². The summed E-state index contributed by atoms with van der Waals surface area (Å²) in [7, 11) is 0. The van der Waals surface area contributed by atoms with E-state index in [1.54, 1.807) is 0 Å². The van der Waals surface area contributed by atoms with Crippen LogP contribution in [-0.2, 0) is 18.9 Å². The number of hydrogen-bond donors (Lipinski definition) is 8. The van der Waals surface area contributed by atoms with Crippen LogP contribution >= 0.6 is 0 Å². The average Bonchev–Trinajstić information content (AvgIpc) is 2.64. The normalized spacial score (nSPS) is 47.0. The van der Waals surface area contributed by atoms with Crippen molar-refractivity contribution in [2.45, 2.75) is 74.4 Å². The highest BCUT2D eigenvalue weighted by Crippen LogP contribution is 2.29. The molecule has 0 spiro atoms. The molecule has 2 saturated heterocycles. The molecular weight excluding hydrogens is 372 g/mol. The van der Waals surface area contributed by atoms with Crippen LogP contribution in [-0.4, -0.2) is 128 Å². The SMILES string of the molecule is CC(O)CO[C@@H]1O[C@H](CO)[C@@H](O[C@H]2O[C@H](CO)[C@@H](O)[C@H](O)[C@H]2O)[C@H](O)[C@H]1O. The summed E-state index contributed by atoms with van der Waals surface area (Å²) in [5, 5.41) is 78.0. The van der Waals surface area contributed by atoms with E-state index in [4.69, 9.17) is 18.9 Å². The van der Waals surface area contributed by atoms with Gasteiger partial charge in [-0.15, -0.1) is 0 Å². The number of ether oxygens (including phenoxy) is 4. The third kappa shape index (κ3) is 5.12. The molecule has 160 valence electrons. The first-order chi connectivity index (χ1) is 12.7. The highest BCUT2D eigenvalue weighted by Gasteiger charge is 2.50. The van der Waals surface area contributed by atoms with Gasteiger partial charge in [0.2, 0.25) is 0 Å². The molecule has 2 aliphatic rings. The van der Waals surface area contributed by atoms with Crippen molar-refractivity contribution in [3.8, 4) is 0 Å². The Kier molecular flexibility index (Phi) is 8.30. The van der Waals surface area contributed by atoms with Crippen LogP contribution in [0.3, 0.4) is 0 Å². The second-order valence-corrected chi connectivity index (χ2v) is 6.69. The van der Waals surface area contributed by atoms with Crippen LogP contribution in [0.2, 0.25) is 0 Å². The summed E-state index contributed by atoms with van der Waals surface area (Å²) in [6.07, 6.45) is -15.9. The fourth-order valence-electron chi connectivity index (χ4n) is 2.93. The number of hydrogen-bond acceptors (Lipinski definition) is 12. The van der Waals surface area contributed by atoms with Crippen LogP contribution in [0.25, 0.3) is 0 Å². The zero-order valence-electron chi connectivity index (χ0n) is 14.7. The van der Waals surface area contributed by atoms with Crippen LogP contribution in [0, 0.1) is 0 Å². The van der Waals surface area contributed by atoms with Gasteiger partial charge in [-0.2, -0.15) is 0 Å². The molecular formula is C15H28O12. The zero-order valence-corrected chi connectivity index (χ0v) is 14.7. The van der Waals surface area contributed by atoms with Crippen LogP contribution in [0.4, 0.5) is 0 Å². The second kappa shape index (κ2) is 9.82. The number of aliphatic hydroxyl groups is 8. The highest BCUT2D eigenvalue weighted by molar-refractivity contribution is 4.94. The summed E-state index contributed by atoms with van der Waals surface area (Å²) in [4.78, 5) is 0. The minimum Gasteiger partial charge on any atom is -0.394 e. The Balaban J connectivity index is 2.08. The lowest BCUT2D eigenvalue weighted by Gasteiger charge is -2.46. The summed E-state index contributed by atoms with van der Waals surface area (Å²) in [5.74, 6) is 0. The molecule has 0 aromatic carbocycles. The molecule has 27 heavy (non-hydrogen) atoms. The van der Waals surface area contributed by atoms with E-state index in [0.717, 1.165) is 0 Å². The monoisotopic (exact) mass is 400 g/mol. The van der Waals surface area contributed by atoms with Gasteiger partial charge in [0.15, 0.2) is 12.6 Å². The molecule has 12 nitrogen and oxygen atoms in total. The molecule has 8 N–H and O–H groups in total. The summed E-state index contributed by atoms with van der Waals surface area (Å²) < 4.78 is 21.1. The Hall–Kier alpha value is -0.480. The average molecular weight is 400 g/mol. The Labute approximate surface area is 155 Å². The lowest BCUT2D eigenvalue weighted by molar-refractivity contribution is -0.360. The standard InChI is InChI=1S/C15H28O12/c1-5(18)4-24-14-12(23)10(21)13(7(3-17)26-14)27-15-11(22)9(20)8(19)6(2-16)25-15/h5-23H,2-4H2,1H3/t5?,6-,7-,8-,9+,10-,11-,12-,13-,14-,15-/m1/s1. The summed E-state index contributed by atoms with van der Waals surface area (Å²) in [6.45, 7) is -0.0682. The fraction of sp³-hybridized carbons (Fsp3) is 1.00. The van der Waals surface area contributed by atoms with Crippen molar-refractivity contribution in [3.05, 3.63) is 0 Å². The molecule has 0 aromatic heterocycles. The number of rotatable bonds is 7. The lowest BCUT2D eigenvalue weighted by atomic mass is 9.97. The first-order valence-electron chi connectivity index (χ1n) is 8.59. The van der Waals surface area contributed by atoms with Gasteiger partial charge in [-0.05, 0) is 6.92 Å². The van der Waals surface area contributed by atoms with Crippen LogP contribution in [0.5, 0.6) is 0 Å². The third-order valence-electron chi connectivity index (χ3n) is 4.46. The molecule has 0 bridgehead atoms. The van der Waals surface area contributed by atoms with E-state index < -0.39 is 80.7 Å². The van der Waals surface area contributed by atoms with E-state index in [2.05, 4.69) is 0 Å². The van der Waals surface area contributed by atoms with Gasteiger partial charge in [-0.25, -0.2) is 0 Å². The van der Waals surface area contributed by atoms with Crippen molar-refractivity contribution in [3.63, 3.8) is 0 Å². The van der Waals surface area contributed by atoms with Gasteiger partial charge in [0.25, 0.3) is 0 Å².